The van der Waals surface area contributed by atoms with Gasteiger partial charge < -0.3 is 0 Å². The van der Waals surface area contributed by atoms with Crippen LogP contribution < -0.4 is 0 Å². The van der Waals surface area contributed by atoms with Crippen LogP contribution in [0.3, 0.4) is 0 Å². The number of nitriles is 1. The molecule has 0 amide bonds. The van der Waals surface area contributed by atoms with Crippen molar-refractivity contribution in [2.45, 2.75) is 18.8 Å². The lowest BCUT2D eigenvalue weighted by atomic mass is 9.95. The fraction of sp³-hybridized carbons (Fsp3) is 0.364. The summed E-state index contributed by atoms with van der Waals surface area (Å²) in [5.74, 6) is 0.532. The van der Waals surface area contributed by atoms with Crippen molar-refractivity contribution in [1.82, 2.24) is 0 Å². The Morgan fingerprint density at radius 1 is 1.42 bits per heavy atom. The topological polar surface area (TPSA) is 23.8 Å². The largest absolute Gasteiger partial charge is 0.197 e. The SMILES string of the molecule is C[C@@H]1CC1(C#N)c1ccccc1. The van der Waals surface area contributed by atoms with Crippen molar-refractivity contribution in [3.05, 3.63) is 35.9 Å². The first-order valence-electron chi connectivity index (χ1n) is 4.26. The minimum absolute atomic E-state index is 0.152. The van der Waals surface area contributed by atoms with E-state index in [-0.39, 0.29) is 5.41 Å². The molecule has 2 rings (SSSR count). The van der Waals surface area contributed by atoms with E-state index in [0.717, 1.165) is 6.42 Å². The third kappa shape index (κ3) is 0.848. The summed E-state index contributed by atoms with van der Waals surface area (Å²) in [5, 5.41) is 9.03. The number of hydrogen-bond donors (Lipinski definition) is 0. The van der Waals surface area contributed by atoms with Crippen LogP contribution in [0.5, 0.6) is 0 Å². The fourth-order valence-corrected chi connectivity index (χ4v) is 1.78. The second-order valence-electron chi connectivity index (χ2n) is 3.55. The van der Waals surface area contributed by atoms with Gasteiger partial charge in [-0.25, -0.2) is 0 Å². The highest BCUT2D eigenvalue weighted by Gasteiger charge is 2.52. The first-order valence-corrected chi connectivity index (χ1v) is 4.26. The summed E-state index contributed by atoms with van der Waals surface area (Å²) in [6.07, 6.45) is 1.02. The van der Waals surface area contributed by atoms with Crippen molar-refractivity contribution in [2.75, 3.05) is 0 Å². The lowest BCUT2D eigenvalue weighted by Crippen LogP contribution is -2.04. The number of nitrogens with zero attached hydrogens (tertiary/aromatic N) is 1. The fourth-order valence-electron chi connectivity index (χ4n) is 1.78. The van der Waals surface area contributed by atoms with Crippen molar-refractivity contribution in [3.8, 4) is 6.07 Å². The van der Waals surface area contributed by atoms with E-state index in [0.29, 0.717) is 5.92 Å². The van der Waals surface area contributed by atoms with Crippen LogP contribution in [0.4, 0.5) is 0 Å². The maximum atomic E-state index is 9.03. The molecule has 1 aromatic carbocycles. The Labute approximate surface area is 72.6 Å². The van der Waals surface area contributed by atoms with Gasteiger partial charge in [0, 0.05) is 0 Å². The second-order valence-corrected chi connectivity index (χ2v) is 3.55. The van der Waals surface area contributed by atoms with Crippen LogP contribution in [0.1, 0.15) is 18.9 Å². The number of benzene rings is 1. The number of hydrogen-bond acceptors (Lipinski definition) is 1. The van der Waals surface area contributed by atoms with Gasteiger partial charge in [0.2, 0.25) is 0 Å². The minimum Gasteiger partial charge on any atom is -0.197 e. The summed E-state index contributed by atoms with van der Waals surface area (Å²) in [6, 6.07) is 12.5. The molecule has 12 heavy (non-hydrogen) atoms. The molecule has 0 spiro atoms. The molecular weight excluding hydrogens is 146 g/mol. The molecule has 1 aromatic rings. The first kappa shape index (κ1) is 7.36. The Kier molecular flexibility index (Phi) is 1.44. The lowest BCUT2D eigenvalue weighted by molar-refractivity contribution is 0.792. The van der Waals surface area contributed by atoms with Crippen molar-refractivity contribution >= 4 is 0 Å². The zero-order valence-corrected chi connectivity index (χ0v) is 7.12. The van der Waals surface area contributed by atoms with E-state index in [1.807, 2.05) is 30.3 Å². The molecule has 0 aromatic heterocycles. The Morgan fingerprint density at radius 2 is 2.00 bits per heavy atom. The quantitative estimate of drug-likeness (QED) is 0.614. The second kappa shape index (κ2) is 2.35. The van der Waals surface area contributed by atoms with E-state index in [2.05, 4.69) is 13.0 Å². The molecule has 60 valence electrons. The summed E-state index contributed by atoms with van der Waals surface area (Å²) < 4.78 is 0. The standard InChI is InChI=1S/C11H11N/c1-9-7-11(9,8-12)10-5-3-2-4-6-10/h2-6,9H,7H2,1H3/t9-,11?/m1/s1. The van der Waals surface area contributed by atoms with Gasteiger partial charge in [-0.2, -0.15) is 5.26 Å². The third-order valence-electron chi connectivity index (χ3n) is 2.80. The van der Waals surface area contributed by atoms with Crippen molar-refractivity contribution < 1.29 is 0 Å². The number of rotatable bonds is 1. The van der Waals surface area contributed by atoms with Gasteiger partial charge in [0.05, 0.1) is 11.5 Å². The van der Waals surface area contributed by atoms with E-state index in [9.17, 15) is 0 Å². The van der Waals surface area contributed by atoms with Gasteiger partial charge in [-0.05, 0) is 17.9 Å². The molecule has 1 aliphatic carbocycles. The van der Waals surface area contributed by atoms with Crippen LogP contribution in [0, 0.1) is 17.2 Å². The predicted molar refractivity (Wildman–Crippen MR) is 47.5 cm³/mol. The minimum atomic E-state index is -0.152. The molecule has 1 fully saturated rings. The van der Waals surface area contributed by atoms with E-state index in [4.69, 9.17) is 5.26 Å². The Hall–Kier alpha value is -1.29. The molecule has 1 saturated carbocycles. The molecule has 0 N–H and O–H groups in total. The summed E-state index contributed by atoms with van der Waals surface area (Å²) in [6.45, 7) is 2.14. The van der Waals surface area contributed by atoms with Crippen molar-refractivity contribution in [2.24, 2.45) is 5.92 Å². The first-order chi connectivity index (χ1) is 5.79. The van der Waals surface area contributed by atoms with Crippen LogP contribution in [0.2, 0.25) is 0 Å². The molecule has 0 bridgehead atoms. The summed E-state index contributed by atoms with van der Waals surface area (Å²) in [4.78, 5) is 0. The smallest absolute Gasteiger partial charge is 0.0851 e. The zero-order chi connectivity index (χ0) is 8.60. The predicted octanol–water partition coefficient (Wildman–Crippen LogP) is 2.49. The lowest BCUT2D eigenvalue weighted by Gasteiger charge is -2.05. The average molecular weight is 157 g/mol. The van der Waals surface area contributed by atoms with Crippen LogP contribution in [-0.4, -0.2) is 0 Å². The summed E-state index contributed by atoms with van der Waals surface area (Å²) in [5.41, 5.74) is 1.03. The van der Waals surface area contributed by atoms with E-state index >= 15 is 0 Å². The summed E-state index contributed by atoms with van der Waals surface area (Å²) >= 11 is 0. The molecule has 1 nitrogen and oxygen atoms in total. The van der Waals surface area contributed by atoms with Gasteiger partial charge in [-0.1, -0.05) is 37.3 Å². The monoisotopic (exact) mass is 157 g/mol. The van der Waals surface area contributed by atoms with Crippen LogP contribution in [0.15, 0.2) is 30.3 Å². The van der Waals surface area contributed by atoms with E-state index in [1.54, 1.807) is 0 Å². The van der Waals surface area contributed by atoms with Crippen LogP contribution >= 0.6 is 0 Å². The highest BCUT2D eigenvalue weighted by molar-refractivity contribution is 5.40. The molecule has 1 heteroatoms. The molecule has 1 aliphatic rings. The zero-order valence-electron chi connectivity index (χ0n) is 7.12. The maximum absolute atomic E-state index is 9.03. The summed E-state index contributed by atoms with van der Waals surface area (Å²) in [7, 11) is 0. The highest BCUT2D eigenvalue weighted by atomic mass is 14.6. The molecule has 1 unspecified atom stereocenters. The van der Waals surface area contributed by atoms with Gasteiger partial charge in [-0.15, -0.1) is 0 Å². The van der Waals surface area contributed by atoms with Gasteiger partial charge in [0.15, 0.2) is 0 Å². The third-order valence-corrected chi connectivity index (χ3v) is 2.80. The van der Waals surface area contributed by atoms with Gasteiger partial charge in [0.1, 0.15) is 0 Å². The molecule has 0 heterocycles. The van der Waals surface area contributed by atoms with Gasteiger partial charge in [0.25, 0.3) is 0 Å². The van der Waals surface area contributed by atoms with Crippen LogP contribution in [0.25, 0.3) is 0 Å². The average Bonchev–Trinajstić information content (AvgIpc) is 2.80. The normalized spacial score (nSPS) is 32.5. The molecule has 0 aliphatic heterocycles. The molecule has 2 atom stereocenters. The molecule has 0 radical (unpaired) electrons. The highest BCUT2D eigenvalue weighted by Crippen LogP contribution is 2.53. The van der Waals surface area contributed by atoms with E-state index < -0.39 is 0 Å². The van der Waals surface area contributed by atoms with E-state index in [1.165, 1.54) is 5.56 Å². The molecule has 0 saturated heterocycles. The molecular formula is C11H11N. The Morgan fingerprint density at radius 3 is 2.42 bits per heavy atom. The van der Waals surface area contributed by atoms with Gasteiger partial charge in [-0.3, -0.25) is 0 Å². The Bertz CT molecular complexity index is 323. The van der Waals surface area contributed by atoms with Crippen LogP contribution in [-0.2, 0) is 5.41 Å². The van der Waals surface area contributed by atoms with Gasteiger partial charge >= 0.3 is 0 Å². The Balaban J connectivity index is 2.39. The van der Waals surface area contributed by atoms with Crippen molar-refractivity contribution in [3.63, 3.8) is 0 Å². The maximum Gasteiger partial charge on any atom is 0.0851 e. The van der Waals surface area contributed by atoms with Crippen molar-refractivity contribution in [1.29, 1.82) is 5.26 Å².